The Morgan fingerprint density at radius 2 is 2.06 bits per heavy atom. The summed E-state index contributed by atoms with van der Waals surface area (Å²) in [6.07, 6.45) is 2.17. The zero-order valence-corrected chi connectivity index (χ0v) is 11.7. The molecule has 0 spiro atoms. The van der Waals surface area contributed by atoms with Crippen molar-refractivity contribution in [2.24, 2.45) is 5.92 Å². The van der Waals surface area contributed by atoms with Gasteiger partial charge in [-0.15, -0.1) is 0 Å². The van der Waals surface area contributed by atoms with E-state index in [9.17, 15) is 13.2 Å². The molecule has 1 fully saturated rings. The van der Waals surface area contributed by atoms with E-state index in [1.165, 1.54) is 4.31 Å². The molecule has 1 aliphatic carbocycles. The number of aryl methyl sites for hydroxylation is 1. The van der Waals surface area contributed by atoms with Crippen molar-refractivity contribution in [3.63, 3.8) is 0 Å². The van der Waals surface area contributed by atoms with Gasteiger partial charge in [0.2, 0.25) is 0 Å². The largest absolute Gasteiger partial charge is 0.315 e. The van der Waals surface area contributed by atoms with E-state index in [2.05, 4.69) is 4.98 Å². The van der Waals surface area contributed by atoms with E-state index in [-0.39, 0.29) is 15.1 Å². The number of nitrogens with one attached hydrogen (secondary N) is 1. The van der Waals surface area contributed by atoms with E-state index in [1.54, 1.807) is 14.0 Å². The maximum atomic E-state index is 12.3. The summed E-state index contributed by atoms with van der Waals surface area (Å²) in [5.74, 6) is 0.464. The van der Waals surface area contributed by atoms with E-state index in [0.29, 0.717) is 11.6 Å². The SMILES string of the molecule is Cc1[nH]c(=O)sc1S(=O)(=O)N(C)C(C)C1CC1. The first-order valence-electron chi connectivity index (χ1n) is 5.51. The molecule has 1 aromatic rings. The minimum absolute atomic E-state index is 0.00315. The highest BCUT2D eigenvalue weighted by molar-refractivity contribution is 7.91. The summed E-state index contributed by atoms with van der Waals surface area (Å²) in [6.45, 7) is 3.53. The normalized spacial score (nSPS) is 18.6. The van der Waals surface area contributed by atoms with Crippen LogP contribution < -0.4 is 4.87 Å². The second kappa shape index (κ2) is 4.22. The molecule has 0 aliphatic heterocycles. The van der Waals surface area contributed by atoms with Crippen LogP contribution in [0.1, 0.15) is 25.5 Å². The first kappa shape index (κ1) is 12.8. The number of sulfonamides is 1. The fourth-order valence-corrected chi connectivity index (χ4v) is 4.75. The molecule has 1 unspecified atom stereocenters. The van der Waals surface area contributed by atoms with Crippen LogP contribution in [0.4, 0.5) is 0 Å². The highest BCUT2D eigenvalue weighted by Gasteiger charge is 2.37. The number of aromatic nitrogens is 1. The molecule has 0 saturated heterocycles. The number of nitrogens with zero attached hydrogens (tertiary/aromatic N) is 1. The molecule has 0 amide bonds. The molecule has 0 radical (unpaired) electrons. The zero-order chi connectivity index (χ0) is 12.8. The molecule has 0 bridgehead atoms. The summed E-state index contributed by atoms with van der Waals surface area (Å²) >= 11 is 0.758. The number of hydrogen-bond acceptors (Lipinski definition) is 4. The van der Waals surface area contributed by atoms with Gasteiger partial charge in [0.1, 0.15) is 0 Å². The fourth-order valence-electron chi connectivity index (χ4n) is 1.86. The minimum atomic E-state index is -3.53. The Kier molecular flexibility index (Phi) is 3.17. The van der Waals surface area contributed by atoms with Crippen molar-refractivity contribution in [3.8, 4) is 0 Å². The highest BCUT2D eigenvalue weighted by atomic mass is 32.2. The second-order valence-corrected chi connectivity index (χ2v) is 7.70. The highest BCUT2D eigenvalue weighted by Crippen LogP contribution is 2.36. The van der Waals surface area contributed by atoms with Crippen molar-refractivity contribution in [1.29, 1.82) is 0 Å². The van der Waals surface area contributed by atoms with Gasteiger partial charge in [0.25, 0.3) is 10.0 Å². The lowest BCUT2D eigenvalue weighted by Crippen LogP contribution is -2.36. The van der Waals surface area contributed by atoms with Crippen LogP contribution in [-0.4, -0.2) is 30.8 Å². The third kappa shape index (κ3) is 2.31. The Hall–Kier alpha value is -0.660. The number of aromatic amines is 1. The van der Waals surface area contributed by atoms with Gasteiger partial charge < -0.3 is 4.98 Å². The van der Waals surface area contributed by atoms with Gasteiger partial charge in [-0.1, -0.05) is 11.3 Å². The van der Waals surface area contributed by atoms with Gasteiger partial charge in [-0.3, -0.25) is 4.79 Å². The molecule has 96 valence electrons. The van der Waals surface area contributed by atoms with Crippen LogP contribution in [0, 0.1) is 12.8 Å². The summed E-state index contributed by atoms with van der Waals surface area (Å²) in [4.78, 5) is 13.4. The van der Waals surface area contributed by atoms with Crippen molar-refractivity contribution >= 4 is 21.4 Å². The van der Waals surface area contributed by atoms with Crippen LogP contribution in [0.3, 0.4) is 0 Å². The predicted molar refractivity (Wildman–Crippen MR) is 66.8 cm³/mol. The summed E-state index contributed by atoms with van der Waals surface area (Å²) in [5.41, 5.74) is 0.426. The molecule has 1 aromatic heterocycles. The maximum Gasteiger partial charge on any atom is 0.305 e. The smallest absolute Gasteiger partial charge is 0.305 e. The molecule has 2 rings (SSSR count). The molecule has 1 atom stereocenters. The summed E-state index contributed by atoms with van der Waals surface area (Å²) in [7, 11) is -1.95. The molecule has 1 heterocycles. The lowest BCUT2D eigenvalue weighted by Gasteiger charge is -2.23. The van der Waals surface area contributed by atoms with Crippen LogP contribution in [0.5, 0.6) is 0 Å². The van der Waals surface area contributed by atoms with E-state index in [4.69, 9.17) is 0 Å². The molecule has 1 aliphatic rings. The van der Waals surface area contributed by atoms with Crippen LogP contribution in [0.15, 0.2) is 9.00 Å². The van der Waals surface area contributed by atoms with Gasteiger partial charge in [-0.2, -0.15) is 4.31 Å². The van der Waals surface area contributed by atoms with Gasteiger partial charge in [0.05, 0.1) is 0 Å². The topological polar surface area (TPSA) is 70.2 Å². The monoisotopic (exact) mass is 276 g/mol. The van der Waals surface area contributed by atoms with E-state index in [1.807, 2.05) is 6.92 Å². The van der Waals surface area contributed by atoms with Crippen LogP contribution in [0.2, 0.25) is 0 Å². The average Bonchev–Trinajstić information content (AvgIpc) is 3.02. The lowest BCUT2D eigenvalue weighted by molar-refractivity contribution is 0.357. The molecule has 1 N–H and O–H groups in total. The predicted octanol–water partition coefficient (Wildman–Crippen LogP) is 1.16. The molecule has 1 saturated carbocycles. The van der Waals surface area contributed by atoms with Gasteiger partial charge in [0.15, 0.2) is 4.21 Å². The molecular formula is C10H16N2O3S2. The number of hydrogen-bond donors (Lipinski definition) is 1. The molecule has 7 heteroatoms. The number of H-pyrrole nitrogens is 1. The first-order valence-corrected chi connectivity index (χ1v) is 7.77. The molecular weight excluding hydrogens is 260 g/mol. The number of thiazole rings is 1. The third-order valence-corrected chi connectivity index (χ3v) is 6.80. The van der Waals surface area contributed by atoms with E-state index >= 15 is 0 Å². The minimum Gasteiger partial charge on any atom is -0.315 e. The van der Waals surface area contributed by atoms with E-state index in [0.717, 1.165) is 24.2 Å². The summed E-state index contributed by atoms with van der Waals surface area (Å²) < 4.78 is 26.2. The van der Waals surface area contributed by atoms with Gasteiger partial charge in [0, 0.05) is 18.8 Å². The van der Waals surface area contributed by atoms with Gasteiger partial charge in [-0.25, -0.2) is 8.42 Å². The van der Waals surface area contributed by atoms with Gasteiger partial charge in [-0.05, 0) is 32.6 Å². The Morgan fingerprint density at radius 3 is 2.47 bits per heavy atom. The Labute approximate surface area is 105 Å². The molecule has 17 heavy (non-hydrogen) atoms. The zero-order valence-electron chi connectivity index (χ0n) is 10.1. The van der Waals surface area contributed by atoms with Crippen molar-refractivity contribution in [2.45, 2.75) is 36.9 Å². The third-order valence-electron chi connectivity index (χ3n) is 3.27. The summed E-state index contributed by atoms with van der Waals surface area (Å²) in [6, 6.07) is -0.00315. The van der Waals surface area contributed by atoms with Crippen molar-refractivity contribution in [3.05, 3.63) is 15.4 Å². The van der Waals surface area contributed by atoms with E-state index < -0.39 is 10.0 Å². The van der Waals surface area contributed by atoms with Crippen LogP contribution in [-0.2, 0) is 10.0 Å². The molecule has 0 aromatic carbocycles. The number of rotatable bonds is 4. The summed E-state index contributed by atoms with van der Waals surface area (Å²) in [5, 5.41) is 0. The maximum absolute atomic E-state index is 12.3. The lowest BCUT2D eigenvalue weighted by atomic mass is 10.2. The van der Waals surface area contributed by atoms with Gasteiger partial charge >= 0.3 is 4.87 Å². The average molecular weight is 276 g/mol. The fraction of sp³-hybridized carbons (Fsp3) is 0.700. The van der Waals surface area contributed by atoms with Crippen molar-refractivity contribution < 1.29 is 8.42 Å². The van der Waals surface area contributed by atoms with Crippen molar-refractivity contribution in [1.82, 2.24) is 9.29 Å². The van der Waals surface area contributed by atoms with Crippen LogP contribution in [0.25, 0.3) is 0 Å². The van der Waals surface area contributed by atoms with Crippen molar-refractivity contribution in [2.75, 3.05) is 7.05 Å². The Balaban J connectivity index is 2.35. The Bertz CT molecular complexity index is 569. The quantitative estimate of drug-likeness (QED) is 0.897. The molecule has 5 nitrogen and oxygen atoms in total. The second-order valence-electron chi connectivity index (χ2n) is 4.53. The van der Waals surface area contributed by atoms with Crippen LogP contribution >= 0.6 is 11.3 Å². The first-order chi connectivity index (χ1) is 7.84. The standard InChI is InChI=1S/C10H16N2O3S2/c1-6-9(16-10(13)11-6)17(14,15)12(3)7(2)8-4-5-8/h7-8H,4-5H2,1-3H3,(H,11,13). The Morgan fingerprint density at radius 1 is 1.47 bits per heavy atom.